The van der Waals surface area contributed by atoms with Gasteiger partial charge in [0.05, 0.1) is 25.1 Å². The molecule has 0 spiro atoms. The second kappa shape index (κ2) is 8.96. The summed E-state index contributed by atoms with van der Waals surface area (Å²) in [6.45, 7) is 6.31. The lowest BCUT2D eigenvalue weighted by Gasteiger charge is -2.19. The molecule has 7 heteroatoms. The third kappa shape index (κ3) is 4.35. The van der Waals surface area contributed by atoms with Gasteiger partial charge in [0.25, 0.3) is 5.56 Å². The van der Waals surface area contributed by atoms with Gasteiger partial charge in [-0.1, -0.05) is 31.2 Å². The smallest absolute Gasteiger partial charge is 0.260 e. The Morgan fingerprint density at radius 2 is 1.93 bits per heavy atom. The first-order valence-electron chi connectivity index (χ1n) is 9.63. The highest BCUT2D eigenvalue weighted by molar-refractivity contribution is 5.86. The summed E-state index contributed by atoms with van der Waals surface area (Å²) < 4.78 is 10.8. The Morgan fingerprint density at radius 3 is 2.62 bits per heavy atom. The van der Waals surface area contributed by atoms with Crippen molar-refractivity contribution in [3.8, 4) is 11.5 Å². The van der Waals surface area contributed by atoms with Gasteiger partial charge in [-0.3, -0.25) is 9.78 Å². The molecule has 0 atom stereocenters. The molecule has 2 N–H and O–H groups in total. The van der Waals surface area contributed by atoms with Gasteiger partial charge in [0.1, 0.15) is 0 Å². The van der Waals surface area contributed by atoms with E-state index in [0.29, 0.717) is 40.5 Å². The van der Waals surface area contributed by atoms with Crippen LogP contribution in [0.3, 0.4) is 0 Å². The van der Waals surface area contributed by atoms with Crippen molar-refractivity contribution < 1.29 is 9.47 Å². The van der Waals surface area contributed by atoms with Crippen molar-refractivity contribution in [1.82, 2.24) is 15.3 Å². The first kappa shape index (κ1) is 20.7. The molecule has 3 aromatic rings. The molecule has 0 saturated heterocycles. The second-order valence-corrected chi connectivity index (χ2v) is 6.98. The number of nitrogens with one attached hydrogen (secondary N) is 2. The third-order valence-electron chi connectivity index (χ3n) is 4.92. The van der Waals surface area contributed by atoms with Gasteiger partial charge in [0, 0.05) is 31.8 Å². The lowest BCUT2D eigenvalue weighted by atomic mass is 10.1. The number of aromatic nitrogens is 2. The van der Waals surface area contributed by atoms with Crippen molar-refractivity contribution in [1.29, 1.82) is 0 Å². The molecule has 1 aromatic heterocycles. The number of H-pyrrole nitrogens is 1. The number of aryl methyl sites for hydroxylation is 1. The molecule has 0 bridgehead atoms. The Balaban J connectivity index is 1.94. The van der Waals surface area contributed by atoms with Crippen LogP contribution in [0.1, 0.15) is 23.6 Å². The molecule has 29 heavy (non-hydrogen) atoms. The van der Waals surface area contributed by atoms with Crippen molar-refractivity contribution in [3.63, 3.8) is 0 Å². The molecule has 0 unspecified atom stereocenters. The SMILES string of the molecule is CCNCc1cccc(CN(C)c2nc3cc(OC)c(OC)c(C)c3c(=O)[nH]2)c1. The number of fused-ring (bicyclic) bond motifs is 1. The average Bonchev–Trinajstić information content (AvgIpc) is 2.71. The lowest BCUT2D eigenvalue weighted by molar-refractivity contribution is 0.354. The summed E-state index contributed by atoms with van der Waals surface area (Å²) in [6, 6.07) is 10.1. The van der Waals surface area contributed by atoms with E-state index in [9.17, 15) is 4.79 Å². The minimum absolute atomic E-state index is 0.198. The van der Waals surface area contributed by atoms with Crippen LogP contribution >= 0.6 is 0 Å². The average molecular weight is 396 g/mol. The minimum atomic E-state index is -0.198. The van der Waals surface area contributed by atoms with E-state index in [1.165, 1.54) is 5.56 Å². The molecular weight excluding hydrogens is 368 g/mol. The van der Waals surface area contributed by atoms with E-state index in [0.717, 1.165) is 18.7 Å². The normalized spacial score (nSPS) is 10.9. The molecule has 154 valence electrons. The van der Waals surface area contributed by atoms with Crippen LogP contribution in [0.4, 0.5) is 5.95 Å². The fraction of sp³-hybridized carbons (Fsp3) is 0.364. The summed E-state index contributed by atoms with van der Waals surface area (Å²) in [7, 11) is 5.04. The van der Waals surface area contributed by atoms with Crippen molar-refractivity contribution in [2.75, 3.05) is 32.7 Å². The van der Waals surface area contributed by atoms with Crippen molar-refractivity contribution in [3.05, 3.63) is 57.4 Å². The highest BCUT2D eigenvalue weighted by Crippen LogP contribution is 2.35. The zero-order valence-corrected chi connectivity index (χ0v) is 17.6. The molecule has 0 aliphatic heterocycles. The number of nitrogens with zero attached hydrogens (tertiary/aromatic N) is 2. The largest absolute Gasteiger partial charge is 0.493 e. The molecule has 0 amide bonds. The molecule has 0 aliphatic rings. The summed E-state index contributed by atoms with van der Waals surface area (Å²) in [5.41, 5.74) is 3.46. The first-order valence-corrected chi connectivity index (χ1v) is 9.63. The van der Waals surface area contributed by atoms with Crippen LogP contribution in [0.2, 0.25) is 0 Å². The molecule has 0 aliphatic carbocycles. The van der Waals surface area contributed by atoms with Gasteiger partial charge in [-0.05, 0) is 24.6 Å². The zero-order chi connectivity index (χ0) is 21.0. The van der Waals surface area contributed by atoms with Crippen LogP contribution in [0.5, 0.6) is 11.5 Å². The number of benzene rings is 2. The monoisotopic (exact) mass is 396 g/mol. The number of hydrogen-bond acceptors (Lipinski definition) is 6. The predicted molar refractivity (Wildman–Crippen MR) is 116 cm³/mol. The van der Waals surface area contributed by atoms with Gasteiger partial charge < -0.3 is 19.7 Å². The maximum absolute atomic E-state index is 12.8. The molecule has 3 rings (SSSR count). The highest BCUT2D eigenvalue weighted by atomic mass is 16.5. The van der Waals surface area contributed by atoms with E-state index in [1.54, 1.807) is 20.3 Å². The minimum Gasteiger partial charge on any atom is -0.493 e. The molecule has 0 radical (unpaired) electrons. The van der Waals surface area contributed by atoms with Crippen LogP contribution < -0.4 is 25.2 Å². The van der Waals surface area contributed by atoms with E-state index >= 15 is 0 Å². The molecule has 0 fully saturated rings. The van der Waals surface area contributed by atoms with Gasteiger partial charge in [-0.25, -0.2) is 4.98 Å². The van der Waals surface area contributed by atoms with Crippen LogP contribution in [0, 0.1) is 6.92 Å². The summed E-state index contributed by atoms with van der Waals surface area (Å²) in [5, 5.41) is 3.84. The second-order valence-electron chi connectivity index (χ2n) is 6.98. The molecular formula is C22H28N4O3. The van der Waals surface area contributed by atoms with Gasteiger partial charge in [-0.15, -0.1) is 0 Å². The quantitative estimate of drug-likeness (QED) is 0.609. The van der Waals surface area contributed by atoms with Gasteiger partial charge in [0.2, 0.25) is 5.95 Å². The number of rotatable bonds is 8. The first-order chi connectivity index (χ1) is 14.0. The summed E-state index contributed by atoms with van der Waals surface area (Å²) >= 11 is 0. The third-order valence-corrected chi connectivity index (χ3v) is 4.92. The predicted octanol–water partition coefficient (Wildman–Crippen LogP) is 2.99. The van der Waals surface area contributed by atoms with Crippen LogP contribution in [0.15, 0.2) is 35.1 Å². The number of ether oxygens (including phenoxy) is 2. The Labute approximate surface area is 170 Å². The van der Waals surface area contributed by atoms with Crippen molar-refractivity contribution in [2.45, 2.75) is 26.9 Å². The molecule has 1 heterocycles. The number of aromatic amines is 1. The summed E-state index contributed by atoms with van der Waals surface area (Å²) in [6.07, 6.45) is 0. The van der Waals surface area contributed by atoms with Crippen LogP contribution in [0.25, 0.3) is 10.9 Å². The van der Waals surface area contributed by atoms with E-state index in [4.69, 9.17) is 9.47 Å². The number of anilines is 1. The summed E-state index contributed by atoms with van der Waals surface area (Å²) in [5.74, 6) is 1.61. The highest BCUT2D eigenvalue weighted by Gasteiger charge is 2.17. The van der Waals surface area contributed by atoms with E-state index in [2.05, 4.69) is 40.4 Å². The van der Waals surface area contributed by atoms with Crippen LogP contribution in [-0.2, 0) is 13.1 Å². The van der Waals surface area contributed by atoms with Crippen molar-refractivity contribution >= 4 is 16.9 Å². The molecule has 0 saturated carbocycles. The lowest BCUT2D eigenvalue weighted by Crippen LogP contribution is -2.23. The Morgan fingerprint density at radius 1 is 1.17 bits per heavy atom. The fourth-order valence-corrected chi connectivity index (χ4v) is 3.48. The molecule has 2 aromatic carbocycles. The summed E-state index contributed by atoms with van der Waals surface area (Å²) in [4.78, 5) is 22.3. The Bertz CT molecular complexity index is 1060. The van der Waals surface area contributed by atoms with Crippen LogP contribution in [-0.4, -0.2) is 37.8 Å². The molecule has 7 nitrogen and oxygen atoms in total. The zero-order valence-electron chi connectivity index (χ0n) is 17.6. The maximum Gasteiger partial charge on any atom is 0.260 e. The van der Waals surface area contributed by atoms with Gasteiger partial charge >= 0.3 is 0 Å². The van der Waals surface area contributed by atoms with E-state index in [-0.39, 0.29) is 5.56 Å². The number of hydrogen-bond donors (Lipinski definition) is 2. The van der Waals surface area contributed by atoms with E-state index < -0.39 is 0 Å². The Kier molecular flexibility index (Phi) is 6.39. The van der Waals surface area contributed by atoms with E-state index in [1.807, 2.05) is 24.9 Å². The van der Waals surface area contributed by atoms with Gasteiger partial charge in [0.15, 0.2) is 11.5 Å². The topological polar surface area (TPSA) is 79.5 Å². The number of methoxy groups -OCH3 is 2. The van der Waals surface area contributed by atoms with Crippen molar-refractivity contribution in [2.24, 2.45) is 0 Å². The Hall–Kier alpha value is -3.06. The fourth-order valence-electron chi connectivity index (χ4n) is 3.48. The van der Waals surface area contributed by atoms with Gasteiger partial charge in [-0.2, -0.15) is 0 Å². The maximum atomic E-state index is 12.8. The standard InChI is InChI=1S/C22H28N4O3/c1-6-23-12-15-8-7-9-16(10-15)13-26(3)22-24-17-11-18(28-4)20(29-5)14(2)19(17)21(27)25-22/h7-11,23H,6,12-13H2,1-5H3,(H,24,25,27).